The fraction of sp³-hybridized carbons (Fsp3) is 0.385. The number of nitrogens with zero attached hydrogens (tertiary/aromatic N) is 3. The summed E-state index contributed by atoms with van der Waals surface area (Å²) in [5.41, 5.74) is 4.93. The predicted octanol–water partition coefficient (Wildman–Crippen LogP) is 4.17. The number of rotatable bonds is 7. The minimum Gasteiger partial charge on any atom is -0.343 e. The van der Waals surface area contributed by atoms with Gasteiger partial charge in [0.05, 0.1) is 18.7 Å². The number of piperazine rings is 1. The lowest BCUT2D eigenvalue weighted by Crippen LogP contribution is -2.50. The SMILES string of the molecule is CCc1ccccc1NC(=O)CN1CCN(C(=O)c2cc(C)n(Cc3cccs3)c2C)CC1. The Morgan fingerprint density at radius 3 is 2.48 bits per heavy atom. The maximum atomic E-state index is 13.2. The van der Waals surface area contributed by atoms with E-state index in [1.54, 1.807) is 11.3 Å². The maximum absolute atomic E-state index is 13.2. The van der Waals surface area contributed by atoms with E-state index in [0.717, 1.165) is 41.2 Å². The summed E-state index contributed by atoms with van der Waals surface area (Å²) < 4.78 is 2.22. The molecule has 0 spiro atoms. The van der Waals surface area contributed by atoms with Crippen molar-refractivity contribution in [3.05, 3.63) is 75.2 Å². The van der Waals surface area contributed by atoms with Crippen LogP contribution in [-0.4, -0.2) is 58.9 Å². The van der Waals surface area contributed by atoms with E-state index in [9.17, 15) is 9.59 Å². The number of para-hydroxylation sites is 1. The third kappa shape index (κ3) is 5.37. The molecule has 3 aromatic rings. The molecule has 0 radical (unpaired) electrons. The summed E-state index contributed by atoms with van der Waals surface area (Å²) >= 11 is 1.73. The van der Waals surface area contributed by atoms with Crippen LogP contribution in [0, 0.1) is 13.8 Å². The molecule has 6 nitrogen and oxygen atoms in total. The molecule has 4 rings (SSSR count). The highest BCUT2D eigenvalue weighted by atomic mass is 32.1. The van der Waals surface area contributed by atoms with Crippen molar-refractivity contribution < 1.29 is 9.59 Å². The molecular weight excluding hydrogens is 432 g/mol. The first-order valence-corrected chi connectivity index (χ1v) is 12.4. The molecule has 0 bridgehead atoms. The molecule has 7 heteroatoms. The van der Waals surface area contributed by atoms with Gasteiger partial charge in [0.25, 0.3) is 5.91 Å². The molecule has 1 aliphatic rings. The first kappa shape index (κ1) is 23.3. The zero-order valence-corrected chi connectivity index (χ0v) is 20.5. The lowest BCUT2D eigenvalue weighted by molar-refractivity contribution is -0.117. The number of aromatic nitrogens is 1. The van der Waals surface area contributed by atoms with E-state index < -0.39 is 0 Å². The van der Waals surface area contributed by atoms with Gasteiger partial charge in [-0.3, -0.25) is 14.5 Å². The van der Waals surface area contributed by atoms with E-state index >= 15 is 0 Å². The fourth-order valence-electron chi connectivity index (χ4n) is 4.44. The smallest absolute Gasteiger partial charge is 0.255 e. The second kappa shape index (κ2) is 10.4. The van der Waals surface area contributed by atoms with Crippen molar-refractivity contribution in [3.63, 3.8) is 0 Å². The van der Waals surface area contributed by atoms with Crippen molar-refractivity contribution in [2.75, 3.05) is 38.0 Å². The Kier molecular flexibility index (Phi) is 7.30. The Morgan fingerprint density at radius 1 is 1.03 bits per heavy atom. The van der Waals surface area contributed by atoms with Crippen molar-refractivity contribution in [2.24, 2.45) is 0 Å². The molecule has 0 atom stereocenters. The largest absolute Gasteiger partial charge is 0.343 e. The van der Waals surface area contributed by atoms with Gasteiger partial charge in [0.2, 0.25) is 5.91 Å². The lowest BCUT2D eigenvalue weighted by Gasteiger charge is -2.34. The number of carbonyl (C=O) groups is 2. The van der Waals surface area contributed by atoms with E-state index in [4.69, 9.17) is 0 Å². The Morgan fingerprint density at radius 2 is 1.79 bits per heavy atom. The van der Waals surface area contributed by atoms with E-state index in [-0.39, 0.29) is 11.8 Å². The molecule has 0 aliphatic carbocycles. The fourth-order valence-corrected chi connectivity index (χ4v) is 5.13. The van der Waals surface area contributed by atoms with Crippen molar-refractivity contribution in [2.45, 2.75) is 33.7 Å². The predicted molar refractivity (Wildman–Crippen MR) is 134 cm³/mol. The van der Waals surface area contributed by atoms with Crippen molar-refractivity contribution >= 4 is 28.8 Å². The Hall–Kier alpha value is -2.90. The molecule has 33 heavy (non-hydrogen) atoms. The zero-order chi connectivity index (χ0) is 23.4. The van der Waals surface area contributed by atoms with E-state index in [2.05, 4.69) is 46.1 Å². The van der Waals surface area contributed by atoms with Gasteiger partial charge in [-0.2, -0.15) is 0 Å². The molecule has 174 valence electrons. The molecule has 1 N–H and O–H groups in total. The van der Waals surface area contributed by atoms with Crippen LogP contribution in [0.1, 0.15) is 39.1 Å². The number of nitrogens with one attached hydrogen (secondary N) is 1. The Bertz CT molecular complexity index is 1110. The van der Waals surface area contributed by atoms with Crippen LogP contribution in [0.25, 0.3) is 0 Å². The molecule has 3 heterocycles. The van der Waals surface area contributed by atoms with Crippen LogP contribution >= 0.6 is 11.3 Å². The quantitative estimate of drug-likeness (QED) is 0.571. The van der Waals surface area contributed by atoms with Gasteiger partial charge >= 0.3 is 0 Å². The van der Waals surface area contributed by atoms with Crippen LogP contribution in [-0.2, 0) is 17.8 Å². The molecule has 1 aliphatic heterocycles. The third-order valence-corrected chi connectivity index (χ3v) is 7.26. The summed E-state index contributed by atoms with van der Waals surface area (Å²) in [4.78, 5) is 31.1. The van der Waals surface area contributed by atoms with Crippen molar-refractivity contribution in [1.82, 2.24) is 14.4 Å². The van der Waals surface area contributed by atoms with Gasteiger partial charge in [-0.15, -0.1) is 11.3 Å². The topological polar surface area (TPSA) is 57.6 Å². The number of thiophene rings is 1. The average molecular weight is 465 g/mol. The highest BCUT2D eigenvalue weighted by Gasteiger charge is 2.26. The summed E-state index contributed by atoms with van der Waals surface area (Å²) in [5.74, 6) is 0.0781. The van der Waals surface area contributed by atoms with Crippen LogP contribution in [0.2, 0.25) is 0 Å². The van der Waals surface area contributed by atoms with Gasteiger partial charge in [0.15, 0.2) is 0 Å². The van der Waals surface area contributed by atoms with E-state index in [1.807, 2.05) is 42.2 Å². The second-order valence-electron chi connectivity index (χ2n) is 8.58. The van der Waals surface area contributed by atoms with Gasteiger partial charge in [0.1, 0.15) is 0 Å². The summed E-state index contributed by atoms with van der Waals surface area (Å²) in [6.45, 7) is 9.97. The number of benzene rings is 1. The minimum atomic E-state index is -0.00667. The summed E-state index contributed by atoms with van der Waals surface area (Å²) in [5, 5.41) is 5.12. The first-order valence-electron chi connectivity index (χ1n) is 11.5. The van der Waals surface area contributed by atoms with E-state index in [0.29, 0.717) is 32.7 Å². The normalized spacial score (nSPS) is 14.5. The molecule has 2 amide bonds. The molecule has 1 saturated heterocycles. The van der Waals surface area contributed by atoms with Crippen molar-refractivity contribution in [1.29, 1.82) is 0 Å². The zero-order valence-electron chi connectivity index (χ0n) is 19.6. The van der Waals surface area contributed by atoms with E-state index in [1.165, 1.54) is 4.88 Å². The van der Waals surface area contributed by atoms with Crippen LogP contribution in [0.4, 0.5) is 5.69 Å². The number of hydrogen-bond acceptors (Lipinski definition) is 4. The first-order chi connectivity index (χ1) is 16.0. The summed E-state index contributed by atoms with van der Waals surface area (Å²) in [6, 6.07) is 14.1. The lowest BCUT2D eigenvalue weighted by atomic mass is 10.1. The number of amides is 2. The van der Waals surface area contributed by atoms with Gasteiger partial charge < -0.3 is 14.8 Å². The minimum absolute atomic E-state index is 0.00667. The highest BCUT2D eigenvalue weighted by Crippen LogP contribution is 2.21. The average Bonchev–Trinajstić information content (AvgIpc) is 3.43. The van der Waals surface area contributed by atoms with Crippen LogP contribution in [0.15, 0.2) is 47.8 Å². The molecular formula is C26H32N4O2S. The molecule has 2 aromatic heterocycles. The van der Waals surface area contributed by atoms with Gasteiger partial charge in [-0.05, 0) is 49.4 Å². The van der Waals surface area contributed by atoms with Gasteiger partial charge in [-0.1, -0.05) is 31.2 Å². The Labute approximate surface area is 199 Å². The number of carbonyl (C=O) groups excluding carboxylic acids is 2. The van der Waals surface area contributed by atoms with Gasteiger partial charge in [-0.25, -0.2) is 0 Å². The number of anilines is 1. The monoisotopic (exact) mass is 464 g/mol. The number of hydrogen-bond donors (Lipinski definition) is 1. The molecule has 0 unspecified atom stereocenters. The highest BCUT2D eigenvalue weighted by molar-refractivity contribution is 7.09. The summed E-state index contributed by atoms with van der Waals surface area (Å²) in [6.07, 6.45) is 0.880. The standard InChI is InChI=1S/C26H32N4O2S/c1-4-21-8-5-6-10-24(21)27-25(31)18-28-11-13-29(14-12-28)26(32)23-16-19(2)30(20(23)3)17-22-9-7-15-33-22/h5-10,15-16H,4,11-14,17-18H2,1-3H3,(H,27,31). The third-order valence-electron chi connectivity index (χ3n) is 6.40. The number of aryl methyl sites for hydroxylation is 2. The molecule has 1 aromatic carbocycles. The van der Waals surface area contributed by atoms with Gasteiger partial charge in [0, 0.05) is 48.1 Å². The van der Waals surface area contributed by atoms with Crippen molar-refractivity contribution in [3.8, 4) is 0 Å². The summed E-state index contributed by atoms with van der Waals surface area (Å²) in [7, 11) is 0. The second-order valence-corrected chi connectivity index (χ2v) is 9.61. The van der Waals surface area contributed by atoms with Crippen LogP contribution in [0.5, 0.6) is 0 Å². The Balaban J connectivity index is 1.32. The van der Waals surface area contributed by atoms with Crippen LogP contribution < -0.4 is 5.32 Å². The maximum Gasteiger partial charge on any atom is 0.255 e. The molecule has 0 saturated carbocycles. The van der Waals surface area contributed by atoms with Crippen LogP contribution in [0.3, 0.4) is 0 Å². The molecule has 1 fully saturated rings.